The summed E-state index contributed by atoms with van der Waals surface area (Å²) in [4.78, 5) is 34.2. The van der Waals surface area contributed by atoms with Crippen molar-refractivity contribution in [2.24, 2.45) is 0 Å². The fraction of sp³-hybridized carbons (Fsp3) is 0.269. The van der Waals surface area contributed by atoms with Crippen molar-refractivity contribution in [3.8, 4) is 11.1 Å². The Bertz CT molecular complexity index is 1100. The molecule has 2 aromatic carbocycles. The zero-order chi connectivity index (χ0) is 22.5. The van der Waals surface area contributed by atoms with Gasteiger partial charge in [0, 0.05) is 44.0 Å². The van der Waals surface area contributed by atoms with E-state index in [2.05, 4.69) is 4.98 Å². The van der Waals surface area contributed by atoms with Crippen molar-refractivity contribution in [3.63, 3.8) is 0 Å². The molecule has 5 nitrogen and oxygen atoms in total. The molecule has 2 heterocycles. The number of benzene rings is 2. The van der Waals surface area contributed by atoms with E-state index in [4.69, 9.17) is 0 Å². The number of hydrogen-bond donors (Lipinski definition) is 0. The van der Waals surface area contributed by atoms with E-state index in [1.54, 1.807) is 34.3 Å². The zero-order valence-electron chi connectivity index (χ0n) is 18.1. The first-order valence-electron chi connectivity index (χ1n) is 10.9. The Balaban J connectivity index is 1.63. The molecule has 1 aliphatic rings. The van der Waals surface area contributed by atoms with Gasteiger partial charge in [-0.3, -0.25) is 14.6 Å². The maximum Gasteiger partial charge on any atom is 0.245 e. The van der Waals surface area contributed by atoms with E-state index in [-0.39, 0.29) is 24.1 Å². The summed E-state index contributed by atoms with van der Waals surface area (Å²) in [6, 6.07) is 17.2. The molecule has 2 amide bonds. The average Bonchev–Trinajstić information content (AvgIpc) is 2.81. The van der Waals surface area contributed by atoms with Crippen LogP contribution in [0.5, 0.6) is 0 Å². The van der Waals surface area contributed by atoms with Crippen LogP contribution in [0.15, 0.2) is 73.1 Å². The first-order valence-corrected chi connectivity index (χ1v) is 10.9. The van der Waals surface area contributed by atoms with Crippen molar-refractivity contribution in [2.75, 3.05) is 19.6 Å². The van der Waals surface area contributed by atoms with E-state index in [0.29, 0.717) is 31.6 Å². The molecule has 1 aliphatic heterocycles. The van der Waals surface area contributed by atoms with Gasteiger partial charge in [-0.25, -0.2) is 4.39 Å². The molecule has 1 fully saturated rings. The third kappa shape index (κ3) is 4.69. The maximum atomic E-state index is 13.6. The molecule has 0 spiro atoms. The third-order valence-corrected chi connectivity index (χ3v) is 5.93. The van der Waals surface area contributed by atoms with Gasteiger partial charge in [0.1, 0.15) is 11.9 Å². The zero-order valence-corrected chi connectivity index (χ0v) is 18.1. The van der Waals surface area contributed by atoms with Gasteiger partial charge in [-0.05, 0) is 41.8 Å². The summed E-state index contributed by atoms with van der Waals surface area (Å²) in [5, 5.41) is 0. The second kappa shape index (κ2) is 9.73. The quantitative estimate of drug-likeness (QED) is 0.598. The molecule has 0 bridgehead atoms. The summed E-state index contributed by atoms with van der Waals surface area (Å²) in [6.07, 6.45) is 4.00. The number of aromatic nitrogens is 1. The SMILES string of the molecule is CCN1CCN(C(=O)Cc2cccc(F)c2)[C@H](Cc2ccccc2-c2cccnc2)C1=O. The Morgan fingerprint density at radius 2 is 1.94 bits per heavy atom. The Morgan fingerprint density at radius 1 is 1.09 bits per heavy atom. The van der Waals surface area contributed by atoms with E-state index in [1.807, 2.05) is 43.3 Å². The van der Waals surface area contributed by atoms with Crippen molar-refractivity contribution in [3.05, 3.63) is 90.0 Å². The highest BCUT2D eigenvalue weighted by atomic mass is 19.1. The van der Waals surface area contributed by atoms with Crippen LogP contribution < -0.4 is 0 Å². The van der Waals surface area contributed by atoms with Crippen LogP contribution in [0.4, 0.5) is 4.39 Å². The lowest BCUT2D eigenvalue weighted by Crippen LogP contribution is -2.59. The monoisotopic (exact) mass is 431 g/mol. The molecule has 0 radical (unpaired) electrons. The van der Waals surface area contributed by atoms with Gasteiger partial charge in [-0.1, -0.05) is 42.5 Å². The van der Waals surface area contributed by atoms with E-state index in [1.165, 1.54) is 12.1 Å². The lowest BCUT2D eigenvalue weighted by Gasteiger charge is -2.40. The summed E-state index contributed by atoms with van der Waals surface area (Å²) in [6.45, 7) is 3.52. The molecule has 1 saturated heterocycles. The molecule has 0 saturated carbocycles. The van der Waals surface area contributed by atoms with Gasteiger partial charge < -0.3 is 9.80 Å². The Morgan fingerprint density at radius 3 is 2.69 bits per heavy atom. The second-order valence-electron chi connectivity index (χ2n) is 7.93. The van der Waals surface area contributed by atoms with Crippen LogP contribution in [-0.2, 0) is 22.4 Å². The number of likely N-dealkylation sites (N-methyl/N-ethyl adjacent to an activating group) is 1. The molecule has 0 aliphatic carbocycles. The highest BCUT2D eigenvalue weighted by Crippen LogP contribution is 2.26. The topological polar surface area (TPSA) is 53.5 Å². The van der Waals surface area contributed by atoms with Gasteiger partial charge in [-0.2, -0.15) is 0 Å². The number of carbonyl (C=O) groups is 2. The van der Waals surface area contributed by atoms with Gasteiger partial charge in [0.15, 0.2) is 0 Å². The number of halogens is 1. The normalized spacial score (nSPS) is 16.3. The van der Waals surface area contributed by atoms with Gasteiger partial charge in [0.05, 0.1) is 6.42 Å². The molecule has 0 unspecified atom stereocenters. The van der Waals surface area contributed by atoms with Gasteiger partial charge in [0.25, 0.3) is 0 Å². The number of pyridine rings is 1. The molecule has 4 rings (SSSR count). The summed E-state index contributed by atoms with van der Waals surface area (Å²) in [7, 11) is 0. The van der Waals surface area contributed by atoms with Gasteiger partial charge in [0.2, 0.25) is 11.8 Å². The summed E-state index contributed by atoms with van der Waals surface area (Å²) >= 11 is 0. The molecular weight excluding hydrogens is 405 g/mol. The maximum absolute atomic E-state index is 13.6. The van der Waals surface area contributed by atoms with Crippen LogP contribution in [-0.4, -0.2) is 52.3 Å². The van der Waals surface area contributed by atoms with E-state index < -0.39 is 6.04 Å². The number of carbonyl (C=O) groups excluding carboxylic acids is 2. The van der Waals surface area contributed by atoms with Gasteiger partial charge in [-0.15, -0.1) is 0 Å². The van der Waals surface area contributed by atoms with Crippen molar-refractivity contribution in [1.82, 2.24) is 14.8 Å². The van der Waals surface area contributed by atoms with Crippen LogP contribution >= 0.6 is 0 Å². The second-order valence-corrected chi connectivity index (χ2v) is 7.93. The molecule has 6 heteroatoms. The van der Waals surface area contributed by atoms with Crippen LogP contribution in [0, 0.1) is 5.82 Å². The average molecular weight is 432 g/mol. The summed E-state index contributed by atoms with van der Waals surface area (Å²) in [5.74, 6) is -0.583. The highest BCUT2D eigenvalue weighted by molar-refractivity contribution is 5.90. The number of piperazine rings is 1. The standard InChI is InChI=1S/C26H26FN3O2/c1-2-29-13-14-30(25(31)16-19-7-5-10-22(27)15-19)24(26(29)32)17-20-8-3-4-11-23(20)21-9-6-12-28-18-21/h3-12,15,18,24H,2,13-14,16-17H2,1H3/t24-/m1/s1. The van der Waals surface area contributed by atoms with Crippen LogP contribution in [0.1, 0.15) is 18.1 Å². The van der Waals surface area contributed by atoms with E-state index in [0.717, 1.165) is 16.7 Å². The fourth-order valence-corrected chi connectivity index (χ4v) is 4.28. The Kier molecular flexibility index (Phi) is 6.59. The van der Waals surface area contributed by atoms with Crippen molar-refractivity contribution in [1.29, 1.82) is 0 Å². The molecule has 1 atom stereocenters. The summed E-state index contributed by atoms with van der Waals surface area (Å²) in [5.41, 5.74) is 3.56. The van der Waals surface area contributed by atoms with Crippen molar-refractivity contribution < 1.29 is 14.0 Å². The smallest absolute Gasteiger partial charge is 0.245 e. The first-order chi connectivity index (χ1) is 15.6. The van der Waals surface area contributed by atoms with E-state index in [9.17, 15) is 14.0 Å². The van der Waals surface area contributed by atoms with Crippen molar-refractivity contribution >= 4 is 11.8 Å². The molecule has 3 aromatic rings. The van der Waals surface area contributed by atoms with Crippen molar-refractivity contribution in [2.45, 2.75) is 25.8 Å². The van der Waals surface area contributed by atoms with Crippen LogP contribution in [0.2, 0.25) is 0 Å². The molecule has 164 valence electrons. The number of amides is 2. The number of nitrogens with zero attached hydrogens (tertiary/aromatic N) is 3. The lowest BCUT2D eigenvalue weighted by atomic mass is 9.93. The summed E-state index contributed by atoms with van der Waals surface area (Å²) < 4.78 is 13.6. The molecule has 32 heavy (non-hydrogen) atoms. The molecular formula is C26H26FN3O2. The minimum atomic E-state index is -0.595. The third-order valence-electron chi connectivity index (χ3n) is 5.93. The minimum absolute atomic E-state index is 0.0488. The van der Waals surface area contributed by atoms with Crippen LogP contribution in [0.25, 0.3) is 11.1 Å². The highest BCUT2D eigenvalue weighted by Gasteiger charge is 2.37. The fourth-order valence-electron chi connectivity index (χ4n) is 4.28. The van der Waals surface area contributed by atoms with Gasteiger partial charge >= 0.3 is 0 Å². The molecule has 1 aromatic heterocycles. The molecule has 0 N–H and O–H groups in total. The van der Waals surface area contributed by atoms with E-state index >= 15 is 0 Å². The predicted molar refractivity (Wildman–Crippen MR) is 121 cm³/mol. The first kappa shape index (κ1) is 21.7. The predicted octanol–water partition coefficient (Wildman–Crippen LogP) is 3.73. The Labute approximate surface area is 187 Å². The van der Waals surface area contributed by atoms with Crippen LogP contribution in [0.3, 0.4) is 0 Å². The largest absolute Gasteiger partial charge is 0.339 e. The lowest BCUT2D eigenvalue weighted by molar-refractivity contribution is -0.150. The Hall–Kier alpha value is -3.54. The number of rotatable bonds is 6. The minimum Gasteiger partial charge on any atom is -0.339 e. The number of hydrogen-bond acceptors (Lipinski definition) is 3.